The summed E-state index contributed by atoms with van der Waals surface area (Å²) < 4.78 is 4.80. The molecule has 0 heterocycles. The Morgan fingerprint density at radius 3 is 2.30 bits per heavy atom. The molecule has 0 aromatic heterocycles. The van der Waals surface area contributed by atoms with Gasteiger partial charge < -0.3 is 10.1 Å². The minimum atomic E-state index is 0.278. The van der Waals surface area contributed by atoms with Gasteiger partial charge in [0, 0.05) is 13.5 Å². The lowest BCUT2D eigenvalue weighted by molar-refractivity contribution is 0.300. The molecule has 3 heteroatoms. The van der Waals surface area contributed by atoms with E-state index in [0.717, 1.165) is 6.54 Å². The number of rotatable bonds is 3. The zero-order valence-electron chi connectivity index (χ0n) is 7.32. The predicted molar refractivity (Wildman–Crippen MR) is 44.6 cm³/mol. The van der Waals surface area contributed by atoms with Gasteiger partial charge in [0.1, 0.15) is 6.61 Å². The van der Waals surface area contributed by atoms with Gasteiger partial charge in [-0.1, -0.05) is 13.8 Å². The van der Waals surface area contributed by atoms with Gasteiger partial charge in [-0.3, -0.25) is 5.41 Å². The van der Waals surface area contributed by atoms with E-state index in [1.807, 2.05) is 20.9 Å². The molecule has 0 atom stereocenters. The normalized spacial score (nSPS) is 7.60. The highest BCUT2D eigenvalue weighted by Crippen LogP contribution is 1.72. The molecule has 0 saturated heterocycles. The van der Waals surface area contributed by atoms with Crippen molar-refractivity contribution in [3.63, 3.8) is 0 Å². The lowest BCUT2D eigenvalue weighted by Crippen LogP contribution is -2.15. The standard InChI is InChI=1S/C5H12N2O.C2H6/c1-5(6)8-4-3-7-2;1-2/h6-7H,3-4H2,1-2H3;1-2H3. The van der Waals surface area contributed by atoms with E-state index in [2.05, 4.69) is 5.32 Å². The van der Waals surface area contributed by atoms with Crippen molar-refractivity contribution in [2.24, 2.45) is 0 Å². The van der Waals surface area contributed by atoms with Crippen LogP contribution in [0, 0.1) is 5.41 Å². The van der Waals surface area contributed by atoms with Gasteiger partial charge in [0.25, 0.3) is 0 Å². The Balaban J connectivity index is 0. The third-order valence-electron chi connectivity index (χ3n) is 0.671. The van der Waals surface area contributed by atoms with Crippen molar-refractivity contribution < 1.29 is 4.74 Å². The van der Waals surface area contributed by atoms with Crippen LogP contribution in [-0.4, -0.2) is 26.1 Å². The van der Waals surface area contributed by atoms with E-state index < -0.39 is 0 Å². The van der Waals surface area contributed by atoms with Crippen LogP contribution in [0.25, 0.3) is 0 Å². The molecule has 0 aliphatic heterocycles. The lowest BCUT2D eigenvalue weighted by atomic mass is 10.7. The Labute approximate surface area is 63.3 Å². The molecular formula is C7H18N2O. The molecule has 0 aliphatic carbocycles. The summed E-state index contributed by atoms with van der Waals surface area (Å²) in [6, 6.07) is 0. The number of hydrogen-bond donors (Lipinski definition) is 2. The Kier molecular flexibility index (Phi) is 13.7. The van der Waals surface area contributed by atoms with Crippen molar-refractivity contribution >= 4 is 5.90 Å². The molecule has 0 aromatic carbocycles. The molecular weight excluding hydrogens is 128 g/mol. The summed E-state index contributed by atoms with van der Waals surface area (Å²) in [7, 11) is 1.85. The van der Waals surface area contributed by atoms with Crippen LogP contribution in [0.4, 0.5) is 0 Å². The summed E-state index contributed by atoms with van der Waals surface area (Å²) in [5.74, 6) is 0.278. The summed E-state index contributed by atoms with van der Waals surface area (Å²) in [6.07, 6.45) is 0. The summed E-state index contributed by atoms with van der Waals surface area (Å²) in [6.45, 7) is 7.01. The smallest absolute Gasteiger partial charge is 0.177 e. The molecule has 0 spiro atoms. The Bertz CT molecular complexity index is 74.0. The lowest BCUT2D eigenvalue weighted by Gasteiger charge is -2.00. The monoisotopic (exact) mass is 146 g/mol. The number of nitrogens with one attached hydrogen (secondary N) is 2. The minimum absolute atomic E-state index is 0.278. The second-order valence-electron chi connectivity index (χ2n) is 1.51. The molecule has 3 nitrogen and oxygen atoms in total. The molecule has 10 heavy (non-hydrogen) atoms. The molecule has 0 rings (SSSR count). The van der Waals surface area contributed by atoms with Gasteiger partial charge in [-0.25, -0.2) is 0 Å². The van der Waals surface area contributed by atoms with Crippen LogP contribution < -0.4 is 5.32 Å². The highest BCUT2D eigenvalue weighted by atomic mass is 16.5. The first-order chi connectivity index (χ1) is 4.77. The van der Waals surface area contributed by atoms with E-state index in [9.17, 15) is 0 Å². The molecule has 2 N–H and O–H groups in total. The van der Waals surface area contributed by atoms with Crippen molar-refractivity contribution in [2.75, 3.05) is 20.2 Å². The van der Waals surface area contributed by atoms with E-state index in [1.165, 1.54) is 0 Å². The first-order valence-corrected chi connectivity index (χ1v) is 3.60. The maximum Gasteiger partial charge on any atom is 0.177 e. The van der Waals surface area contributed by atoms with Gasteiger partial charge in [-0.2, -0.15) is 0 Å². The van der Waals surface area contributed by atoms with Gasteiger partial charge in [-0.15, -0.1) is 0 Å². The molecule has 62 valence electrons. The number of likely N-dealkylation sites (N-methyl/N-ethyl adjacent to an activating group) is 1. The van der Waals surface area contributed by atoms with Crippen LogP contribution in [0.15, 0.2) is 0 Å². The van der Waals surface area contributed by atoms with Gasteiger partial charge in [-0.05, 0) is 7.05 Å². The zero-order valence-corrected chi connectivity index (χ0v) is 7.32. The van der Waals surface area contributed by atoms with Gasteiger partial charge in [0.15, 0.2) is 5.90 Å². The summed E-state index contributed by atoms with van der Waals surface area (Å²) in [5, 5.41) is 9.72. The molecule has 0 saturated carbocycles. The summed E-state index contributed by atoms with van der Waals surface area (Å²) >= 11 is 0. The SMILES string of the molecule is CC.CNCCOC(C)=N. The molecule has 0 fully saturated rings. The van der Waals surface area contributed by atoms with Crippen LogP contribution in [0.2, 0.25) is 0 Å². The maximum absolute atomic E-state index is 6.82. The summed E-state index contributed by atoms with van der Waals surface area (Å²) in [5.41, 5.74) is 0. The molecule has 0 bridgehead atoms. The minimum Gasteiger partial charge on any atom is -0.480 e. The average molecular weight is 146 g/mol. The van der Waals surface area contributed by atoms with Crippen LogP contribution >= 0.6 is 0 Å². The maximum atomic E-state index is 6.82. The molecule has 0 unspecified atom stereocenters. The fraction of sp³-hybridized carbons (Fsp3) is 0.857. The van der Waals surface area contributed by atoms with Crippen molar-refractivity contribution in [1.29, 1.82) is 5.41 Å². The predicted octanol–water partition coefficient (Wildman–Crippen LogP) is 1.25. The highest BCUT2D eigenvalue weighted by molar-refractivity contribution is 5.69. The first kappa shape index (κ1) is 12.1. The van der Waals surface area contributed by atoms with Crippen molar-refractivity contribution in [2.45, 2.75) is 20.8 Å². The Morgan fingerprint density at radius 2 is 2.00 bits per heavy atom. The quantitative estimate of drug-likeness (QED) is 0.357. The van der Waals surface area contributed by atoms with Gasteiger partial charge in [0.2, 0.25) is 0 Å². The molecule has 0 aromatic rings. The van der Waals surface area contributed by atoms with Crippen molar-refractivity contribution in [3.8, 4) is 0 Å². The van der Waals surface area contributed by atoms with E-state index >= 15 is 0 Å². The fourth-order valence-electron chi connectivity index (χ4n) is 0.306. The van der Waals surface area contributed by atoms with Gasteiger partial charge >= 0.3 is 0 Å². The topological polar surface area (TPSA) is 45.1 Å². The third-order valence-corrected chi connectivity index (χ3v) is 0.671. The second-order valence-corrected chi connectivity index (χ2v) is 1.51. The average Bonchev–Trinajstić information content (AvgIpc) is 1.92. The van der Waals surface area contributed by atoms with Crippen LogP contribution in [0.1, 0.15) is 20.8 Å². The van der Waals surface area contributed by atoms with Crippen LogP contribution in [0.5, 0.6) is 0 Å². The fourth-order valence-corrected chi connectivity index (χ4v) is 0.306. The molecule has 0 radical (unpaired) electrons. The number of ether oxygens (including phenoxy) is 1. The van der Waals surface area contributed by atoms with E-state index in [1.54, 1.807) is 6.92 Å². The first-order valence-electron chi connectivity index (χ1n) is 3.60. The highest BCUT2D eigenvalue weighted by Gasteiger charge is 1.83. The van der Waals surface area contributed by atoms with Crippen molar-refractivity contribution in [3.05, 3.63) is 0 Å². The van der Waals surface area contributed by atoms with E-state index in [4.69, 9.17) is 10.1 Å². The zero-order chi connectivity index (χ0) is 8.41. The van der Waals surface area contributed by atoms with Crippen LogP contribution in [-0.2, 0) is 4.74 Å². The Hall–Kier alpha value is -0.570. The van der Waals surface area contributed by atoms with Crippen LogP contribution in [0.3, 0.4) is 0 Å². The summed E-state index contributed by atoms with van der Waals surface area (Å²) in [4.78, 5) is 0. The second kappa shape index (κ2) is 11.3. The van der Waals surface area contributed by atoms with E-state index in [0.29, 0.717) is 6.61 Å². The van der Waals surface area contributed by atoms with Gasteiger partial charge in [0.05, 0.1) is 0 Å². The molecule has 0 aliphatic rings. The third kappa shape index (κ3) is 15.7. The molecule has 0 amide bonds. The Morgan fingerprint density at radius 1 is 1.50 bits per heavy atom. The largest absolute Gasteiger partial charge is 0.480 e. The van der Waals surface area contributed by atoms with E-state index in [-0.39, 0.29) is 5.90 Å². The number of hydrogen-bond acceptors (Lipinski definition) is 3. The van der Waals surface area contributed by atoms with Crippen molar-refractivity contribution in [1.82, 2.24) is 5.32 Å².